The summed E-state index contributed by atoms with van der Waals surface area (Å²) >= 11 is 0. The van der Waals surface area contributed by atoms with Gasteiger partial charge in [0.2, 0.25) is 0 Å². The second kappa shape index (κ2) is 3.49. The van der Waals surface area contributed by atoms with Crippen LogP contribution in [-0.4, -0.2) is 43.4 Å². The standard InChI is InChI=1S/C6H11O6P/c7-4-1-3(13(10,11)12)2-5(8)6(4)9/h1,4-9H,2H2,(H2,10,11,12)/t4-,5+,6+/m1/s1. The van der Waals surface area contributed by atoms with Gasteiger partial charge in [-0.1, -0.05) is 0 Å². The molecule has 0 radical (unpaired) electrons. The summed E-state index contributed by atoms with van der Waals surface area (Å²) in [7, 11) is -4.41. The van der Waals surface area contributed by atoms with E-state index in [-0.39, 0.29) is 11.7 Å². The molecule has 0 aromatic carbocycles. The van der Waals surface area contributed by atoms with Gasteiger partial charge >= 0.3 is 7.60 Å². The molecule has 0 spiro atoms. The highest BCUT2D eigenvalue weighted by Crippen LogP contribution is 2.49. The maximum Gasteiger partial charge on any atom is 0.352 e. The van der Waals surface area contributed by atoms with Crippen molar-refractivity contribution in [3.8, 4) is 0 Å². The van der Waals surface area contributed by atoms with E-state index in [1.54, 1.807) is 0 Å². The van der Waals surface area contributed by atoms with Gasteiger partial charge in [0.25, 0.3) is 0 Å². The van der Waals surface area contributed by atoms with Crippen LogP contribution in [0.2, 0.25) is 0 Å². The van der Waals surface area contributed by atoms with Crippen LogP contribution in [0.4, 0.5) is 0 Å². The van der Waals surface area contributed by atoms with Gasteiger partial charge in [-0.05, 0) is 6.08 Å². The zero-order chi connectivity index (χ0) is 10.2. The van der Waals surface area contributed by atoms with Crippen molar-refractivity contribution in [1.29, 1.82) is 0 Å². The van der Waals surface area contributed by atoms with Gasteiger partial charge in [0.05, 0.1) is 6.10 Å². The Labute approximate surface area is 74.3 Å². The first kappa shape index (κ1) is 10.8. The molecule has 1 rings (SSSR count). The molecule has 0 unspecified atom stereocenters. The monoisotopic (exact) mass is 210 g/mol. The number of aliphatic hydroxyl groups is 3. The Morgan fingerprint density at radius 1 is 1.31 bits per heavy atom. The van der Waals surface area contributed by atoms with Crippen molar-refractivity contribution in [2.75, 3.05) is 0 Å². The summed E-state index contributed by atoms with van der Waals surface area (Å²) in [4.78, 5) is 17.4. The molecule has 13 heavy (non-hydrogen) atoms. The molecule has 76 valence electrons. The molecular weight excluding hydrogens is 199 g/mol. The highest BCUT2D eigenvalue weighted by Gasteiger charge is 2.35. The molecule has 0 fully saturated rings. The molecule has 0 aromatic rings. The Balaban J connectivity index is 2.92. The summed E-state index contributed by atoms with van der Waals surface area (Å²) in [5.41, 5.74) is 0. The molecule has 6 nitrogen and oxygen atoms in total. The first-order valence-electron chi connectivity index (χ1n) is 3.63. The second-order valence-electron chi connectivity index (χ2n) is 2.95. The number of hydrogen-bond donors (Lipinski definition) is 5. The van der Waals surface area contributed by atoms with Crippen molar-refractivity contribution in [2.24, 2.45) is 0 Å². The summed E-state index contributed by atoms with van der Waals surface area (Å²) < 4.78 is 10.7. The predicted molar refractivity (Wildman–Crippen MR) is 42.8 cm³/mol. The molecule has 0 saturated carbocycles. The topological polar surface area (TPSA) is 118 Å². The SMILES string of the molecule is O=P(O)(O)C1=C[C@@H](O)[C@H](O)[C@@H](O)C1. The Hall–Kier alpha value is -0.230. The van der Waals surface area contributed by atoms with E-state index in [4.69, 9.17) is 25.1 Å². The van der Waals surface area contributed by atoms with Crippen LogP contribution in [0, 0.1) is 0 Å². The quantitative estimate of drug-likeness (QED) is 0.337. The fraction of sp³-hybridized carbons (Fsp3) is 0.667. The minimum atomic E-state index is -4.41. The maximum atomic E-state index is 10.7. The highest BCUT2D eigenvalue weighted by molar-refractivity contribution is 7.56. The molecule has 0 amide bonds. The molecule has 0 aromatic heterocycles. The van der Waals surface area contributed by atoms with Gasteiger partial charge in [0.15, 0.2) is 0 Å². The molecule has 0 bridgehead atoms. The van der Waals surface area contributed by atoms with Crippen LogP contribution in [0.25, 0.3) is 0 Å². The first-order chi connectivity index (χ1) is 5.82. The van der Waals surface area contributed by atoms with Gasteiger partial charge in [-0.2, -0.15) is 0 Å². The van der Waals surface area contributed by atoms with Gasteiger partial charge in [-0.3, -0.25) is 4.57 Å². The smallest absolute Gasteiger partial charge is 0.352 e. The summed E-state index contributed by atoms with van der Waals surface area (Å²) in [5, 5.41) is 26.8. The highest BCUT2D eigenvalue weighted by atomic mass is 31.2. The van der Waals surface area contributed by atoms with Crippen LogP contribution in [0.15, 0.2) is 11.4 Å². The lowest BCUT2D eigenvalue weighted by atomic mass is 9.99. The number of aliphatic hydroxyl groups excluding tert-OH is 3. The second-order valence-corrected chi connectivity index (χ2v) is 4.62. The lowest BCUT2D eigenvalue weighted by Crippen LogP contribution is -2.39. The summed E-state index contributed by atoms with van der Waals surface area (Å²) in [6.45, 7) is 0. The number of rotatable bonds is 1. The lowest BCUT2D eigenvalue weighted by Gasteiger charge is -2.27. The van der Waals surface area contributed by atoms with Gasteiger partial charge in [-0.15, -0.1) is 0 Å². The number of hydrogen-bond acceptors (Lipinski definition) is 4. The van der Waals surface area contributed by atoms with E-state index in [0.29, 0.717) is 0 Å². The maximum absolute atomic E-state index is 10.7. The van der Waals surface area contributed by atoms with E-state index in [1.165, 1.54) is 0 Å². The lowest BCUT2D eigenvalue weighted by molar-refractivity contribution is -0.0466. The third-order valence-electron chi connectivity index (χ3n) is 1.90. The van der Waals surface area contributed by atoms with Gasteiger partial charge in [0.1, 0.15) is 12.2 Å². The summed E-state index contributed by atoms with van der Waals surface area (Å²) in [5.74, 6) is 0. The Morgan fingerprint density at radius 3 is 2.23 bits per heavy atom. The molecule has 0 saturated heterocycles. The average molecular weight is 210 g/mol. The fourth-order valence-electron chi connectivity index (χ4n) is 1.14. The van der Waals surface area contributed by atoms with Crippen molar-refractivity contribution >= 4 is 7.60 Å². The van der Waals surface area contributed by atoms with Crippen LogP contribution >= 0.6 is 7.60 Å². The van der Waals surface area contributed by atoms with Gasteiger partial charge < -0.3 is 25.1 Å². The Kier molecular flexibility index (Phi) is 2.91. The van der Waals surface area contributed by atoms with E-state index in [1.807, 2.05) is 0 Å². The molecule has 0 aliphatic heterocycles. The fourth-order valence-corrected chi connectivity index (χ4v) is 1.91. The van der Waals surface area contributed by atoms with Crippen molar-refractivity contribution < 1.29 is 29.7 Å². The van der Waals surface area contributed by atoms with E-state index in [0.717, 1.165) is 6.08 Å². The van der Waals surface area contributed by atoms with Crippen LogP contribution in [0.5, 0.6) is 0 Å². The summed E-state index contributed by atoms with van der Waals surface area (Å²) in [6, 6.07) is 0. The molecule has 7 heteroatoms. The van der Waals surface area contributed by atoms with E-state index in [9.17, 15) is 4.57 Å². The minimum absolute atomic E-state index is 0.317. The van der Waals surface area contributed by atoms with Crippen LogP contribution < -0.4 is 0 Å². The third kappa shape index (κ3) is 2.37. The van der Waals surface area contributed by atoms with Gasteiger partial charge in [-0.25, -0.2) is 0 Å². The van der Waals surface area contributed by atoms with Crippen molar-refractivity contribution in [3.05, 3.63) is 11.4 Å². The van der Waals surface area contributed by atoms with Crippen molar-refractivity contribution in [1.82, 2.24) is 0 Å². The molecule has 3 atom stereocenters. The van der Waals surface area contributed by atoms with Crippen LogP contribution in [0.3, 0.4) is 0 Å². The Bertz CT molecular complexity index is 268. The normalized spacial score (nSPS) is 35.8. The van der Waals surface area contributed by atoms with Crippen LogP contribution in [-0.2, 0) is 4.57 Å². The minimum Gasteiger partial charge on any atom is -0.390 e. The van der Waals surface area contributed by atoms with Gasteiger partial charge in [0, 0.05) is 11.7 Å². The van der Waals surface area contributed by atoms with Crippen molar-refractivity contribution in [2.45, 2.75) is 24.7 Å². The first-order valence-corrected chi connectivity index (χ1v) is 5.24. The van der Waals surface area contributed by atoms with E-state index in [2.05, 4.69) is 0 Å². The average Bonchev–Trinajstić information content (AvgIpc) is 1.97. The molecule has 1 aliphatic rings. The largest absolute Gasteiger partial charge is 0.390 e. The third-order valence-corrected chi connectivity index (χ3v) is 2.98. The molecular formula is C6H11O6P. The molecule has 5 N–H and O–H groups in total. The summed E-state index contributed by atoms with van der Waals surface area (Å²) in [6.07, 6.45) is -3.56. The van der Waals surface area contributed by atoms with Crippen LogP contribution in [0.1, 0.15) is 6.42 Å². The van der Waals surface area contributed by atoms with E-state index >= 15 is 0 Å². The zero-order valence-electron chi connectivity index (χ0n) is 6.61. The molecule has 1 aliphatic carbocycles. The van der Waals surface area contributed by atoms with Crippen molar-refractivity contribution in [3.63, 3.8) is 0 Å². The zero-order valence-corrected chi connectivity index (χ0v) is 7.50. The molecule has 0 heterocycles. The van der Waals surface area contributed by atoms with E-state index < -0.39 is 25.9 Å². The predicted octanol–water partition coefficient (Wildman–Crippen LogP) is -1.47. The Morgan fingerprint density at radius 2 is 1.85 bits per heavy atom.